The van der Waals surface area contributed by atoms with Crippen molar-refractivity contribution in [3.63, 3.8) is 0 Å². The monoisotopic (exact) mass is 472 g/mol. The van der Waals surface area contributed by atoms with Gasteiger partial charge in [-0.2, -0.15) is 0 Å². The molecule has 1 aliphatic rings. The minimum Gasteiger partial charge on any atom is -0.457 e. The maximum atomic E-state index is 12.3. The van der Waals surface area contributed by atoms with E-state index in [0.717, 1.165) is 32.4 Å². The van der Waals surface area contributed by atoms with Crippen LogP contribution >= 0.6 is 11.3 Å². The first-order valence-corrected chi connectivity index (χ1v) is 12.5. The largest absolute Gasteiger partial charge is 0.457 e. The molecule has 0 unspecified atom stereocenters. The number of nitrogens with one attached hydrogen (secondary N) is 1. The van der Waals surface area contributed by atoms with Crippen molar-refractivity contribution in [1.82, 2.24) is 14.9 Å². The average molecular weight is 473 g/mol. The molecule has 0 bridgehead atoms. The van der Waals surface area contributed by atoms with Crippen molar-refractivity contribution in [3.05, 3.63) is 66.4 Å². The lowest BCUT2D eigenvalue weighted by Gasteiger charge is -2.22. The molecule has 6 nitrogen and oxygen atoms in total. The quantitative estimate of drug-likeness (QED) is 0.343. The first kappa shape index (κ1) is 22.3. The second kappa shape index (κ2) is 9.81. The first-order chi connectivity index (χ1) is 16.5. The predicted molar refractivity (Wildman–Crippen MR) is 138 cm³/mol. The molecule has 2 aromatic carbocycles. The van der Waals surface area contributed by atoms with Gasteiger partial charge in [0.1, 0.15) is 11.5 Å². The summed E-state index contributed by atoms with van der Waals surface area (Å²) in [7, 11) is 3.49. The summed E-state index contributed by atoms with van der Waals surface area (Å²) >= 11 is 1.67. The minimum absolute atomic E-state index is 0.0375. The molecule has 1 fully saturated rings. The summed E-state index contributed by atoms with van der Waals surface area (Å²) in [5.41, 5.74) is 3.23. The third-order valence-electron chi connectivity index (χ3n) is 6.07. The van der Waals surface area contributed by atoms with Crippen LogP contribution in [0.1, 0.15) is 42.5 Å². The number of anilines is 1. The van der Waals surface area contributed by atoms with Crippen LogP contribution in [-0.4, -0.2) is 40.9 Å². The van der Waals surface area contributed by atoms with E-state index in [2.05, 4.69) is 10.3 Å². The fourth-order valence-electron chi connectivity index (χ4n) is 4.29. The van der Waals surface area contributed by atoms with Crippen molar-refractivity contribution in [1.29, 1.82) is 0 Å². The first-order valence-electron chi connectivity index (χ1n) is 11.7. The van der Waals surface area contributed by atoms with Crippen molar-refractivity contribution in [2.45, 2.75) is 38.1 Å². The molecule has 1 amide bonds. The van der Waals surface area contributed by atoms with Gasteiger partial charge in [0.15, 0.2) is 5.13 Å². The zero-order valence-electron chi connectivity index (χ0n) is 19.5. The van der Waals surface area contributed by atoms with Gasteiger partial charge >= 0.3 is 0 Å². The summed E-state index contributed by atoms with van der Waals surface area (Å²) in [5, 5.41) is 4.60. The Morgan fingerprint density at radius 3 is 2.68 bits per heavy atom. The summed E-state index contributed by atoms with van der Waals surface area (Å²) in [6.07, 6.45) is 8.11. The summed E-state index contributed by atoms with van der Waals surface area (Å²) < 4.78 is 7.26. The summed E-state index contributed by atoms with van der Waals surface area (Å²) in [4.78, 5) is 23.1. The number of carbonyl (C=O) groups is 1. The van der Waals surface area contributed by atoms with Gasteiger partial charge in [-0.1, -0.05) is 42.7 Å². The van der Waals surface area contributed by atoms with Crippen LogP contribution in [0, 0.1) is 0 Å². The number of carbonyl (C=O) groups excluding carboxylic acids is 1. The predicted octanol–water partition coefficient (Wildman–Crippen LogP) is 6.60. The van der Waals surface area contributed by atoms with Crippen molar-refractivity contribution in [3.8, 4) is 22.8 Å². The van der Waals surface area contributed by atoms with Gasteiger partial charge in [-0.3, -0.25) is 9.78 Å². The lowest BCUT2D eigenvalue weighted by atomic mass is 9.96. The number of ether oxygens (including phenoxy) is 1. The second-order valence-corrected chi connectivity index (χ2v) is 9.92. The number of benzene rings is 2. The zero-order valence-corrected chi connectivity index (χ0v) is 20.3. The third-order valence-corrected chi connectivity index (χ3v) is 7.02. The van der Waals surface area contributed by atoms with E-state index in [0.29, 0.717) is 17.4 Å². The van der Waals surface area contributed by atoms with Gasteiger partial charge in [0, 0.05) is 49.6 Å². The Hall–Kier alpha value is -3.45. The molecule has 7 heteroatoms. The zero-order chi connectivity index (χ0) is 23.5. The average Bonchev–Trinajstić information content (AvgIpc) is 3.26. The highest BCUT2D eigenvalue weighted by molar-refractivity contribution is 7.22. The van der Waals surface area contributed by atoms with Crippen molar-refractivity contribution >= 4 is 32.6 Å². The van der Waals surface area contributed by atoms with Crippen LogP contribution in [0.15, 0.2) is 60.8 Å². The van der Waals surface area contributed by atoms with Crippen LogP contribution in [0.2, 0.25) is 0 Å². The Labute approximate surface area is 203 Å². The molecule has 1 saturated carbocycles. The maximum Gasteiger partial charge on any atom is 0.253 e. The smallest absolute Gasteiger partial charge is 0.253 e. The standard InChI is InChI=1S/C27H28N4O2S/c1-31(2)26(32)19-8-6-7-18(15-19)24-16-22(13-14-28-24)33-21-11-12-23-25(17-21)34-27(30-23)29-20-9-4-3-5-10-20/h6-8,11-17,20H,3-5,9-10H2,1-2H3,(H,29,30). The molecule has 2 heterocycles. The van der Waals surface area contributed by atoms with E-state index in [4.69, 9.17) is 9.72 Å². The second-order valence-electron chi connectivity index (χ2n) is 8.89. The minimum atomic E-state index is -0.0375. The van der Waals surface area contributed by atoms with Gasteiger partial charge in [-0.25, -0.2) is 4.98 Å². The number of aromatic nitrogens is 2. The molecule has 0 saturated heterocycles. The lowest BCUT2D eigenvalue weighted by molar-refractivity contribution is 0.0827. The van der Waals surface area contributed by atoms with Crippen LogP contribution in [0.4, 0.5) is 5.13 Å². The van der Waals surface area contributed by atoms with Crippen LogP contribution in [0.25, 0.3) is 21.5 Å². The Morgan fingerprint density at radius 2 is 1.85 bits per heavy atom. The van der Waals surface area contributed by atoms with Gasteiger partial charge in [-0.05, 0) is 43.2 Å². The molecule has 1 aliphatic carbocycles. The number of pyridine rings is 1. The normalized spacial score (nSPS) is 14.2. The van der Waals surface area contributed by atoms with E-state index < -0.39 is 0 Å². The van der Waals surface area contributed by atoms with Gasteiger partial charge in [0.05, 0.1) is 15.9 Å². The van der Waals surface area contributed by atoms with Gasteiger partial charge in [0.25, 0.3) is 5.91 Å². The van der Waals surface area contributed by atoms with E-state index in [1.807, 2.05) is 54.6 Å². The molecule has 1 N–H and O–H groups in total. The number of amides is 1. The van der Waals surface area contributed by atoms with Gasteiger partial charge in [0.2, 0.25) is 0 Å². The van der Waals surface area contributed by atoms with E-state index in [9.17, 15) is 4.79 Å². The molecule has 0 spiro atoms. The topological polar surface area (TPSA) is 67.4 Å². The van der Waals surface area contributed by atoms with Crippen molar-refractivity contribution in [2.24, 2.45) is 0 Å². The molecule has 0 atom stereocenters. The van der Waals surface area contributed by atoms with Crippen LogP contribution in [0.5, 0.6) is 11.5 Å². The molecule has 0 radical (unpaired) electrons. The van der Waals surface area contributed by atoms with Crippen molar-refractivity contribution < 1.29 is 9.53 Å². The molecular weight excluding hydrogens is 444 g/mol. The number of thiazole rings is 1. The molecular formula is C27H28N4O2S. The molecule has 34 heavy (non-hydrogen) atoms. The molecule has 4 aromatic rings. The SMILES string of the molecule is CN(C)C(=O)c1cccc(-c2cc(Oc3ccc4nc(NC5CCCCC5)sc4c3)ccn2)c1. The van der Waals surface area contributed by atoms with Gasteiger partial charge in [-0.15, -0.1) is 0 Å². The molecule has 5 rings (SSSR count). The van der Waals surface area contributed by atoms with E-state index >= 15 is 0 Å². The maximum absolute atomic E-state index is 12.3. The molecule has 0 aliphatic heterocycles. The summed E-state index contributed by atoms with van der Waals surface area (Å²) in [6.45, 7) is 0. The fourth-order valence-corrected chi connectivity index (χ4v) is 5.26. The summed E-state index contributed by atoms with van der Waals surface area (Å²) in [5.74, 6) is 1.41. The Balaban J connectivity index is 1.33. The van der Waals surface area contributed by atoms with Gasteiger partial charge < -0.3 is 15.0 Å². The van der Waals surface area contributed by atoms with E-state index in [-0.39, 0.29) is 5.91 Å². The Kier molecular flexibility index (Phi) is 6.45. The lowest BCUT2D eigenvalue weighted by Crippen LogP contribution is -2.21. The highest BCUT2D eigenvalue weighted by atomic mass is 32.1. The molecule has 174 valence electrons. The van der Waals surface area contributed by atoms with Crippen molar-refractivity contribution in [2.75, 3.05) is 19.4 Å². The van der Waals surface area contributed by atoms with Crippen LogP contribution in [0.3, 0.4) is 0 Å². The number of hydrogen-bond acceptors (Lipinski definition) is 6. The number of hydrogen-bond donors (Lipinski definition) is 1. The number of rotatable bonds is 6. The highest BCUT2D eigenvalue weighted by Gasteiger charge is 2.15. The van der Waals surface area contributed by atoms with E-state index in [1.54, 1.807) is 36.5 Å². The Bertz CT molecular complexity index is 1310. The number of nitrogens with zero attached hydrogens (tertiary/aromatic N) is 3. The van der Waals surface area contributed by atoms with Crippen LogP contribution in [-0.2, 0) is 0 Å². The van der Waals surface area contributed by atoms with Crippen LogP contribution < -0.4 is 10.1 Å². The van der Waals surface area contributed by atoms with E-state index in [1.165, 1.54) is 32.1 Å². The Morgan fingerprint density at radius 1 is 1.03 bits per heavy atom. The third kappa shape index (κ3) is 5.04. The fraction of sp³-hybridized carbons (Fsp3) is 0.296. The molecule has 2 aromatic heterocycles. The number of fused-ring (bicyclic) bond motifs is 1. The summed E-state index contributed by atoms with van der Waals surface area (Å²) in [6, 6.07) is 17.8. The highest BCUT2D eigenvalue weighted by Crippen LogP contribution is 2.33.